The lowest BCUT2D eigenvalue weighted by atomic mass is 9.95. The molecule has 1 amide bonds. The van der Waals surface area contributed by atoms with Crippen molar-refractivity contribution in [3.8, 4) is 0 Å². The molecular weight excluding hydrogens is 348 g/mol. The molecular formula is C20H26N2O3S. The van der Waals surface area contributed by atoms with Gasteiger partial charge in [-0.05, 0) is 43.0 Å². The quantitative estimate of drug-likeness (QED) is 0.875. The zero-order chi connectivity index (χ0) is 18.7. The van der Waals surface area contributed by atoms with Gasteiger partial charge >= 0.3 is 0 Å². The smallest absolute Gasteiger partial charge is 0.223 e. The number of carbonyl (C=O) groups is 1. The van der Waals surface area contributed by atoms with Gasteiger partial charge in [-0.1, -0.05) is 42.5 Å². The van der Waals surface area contributed by atoms with Crippen molar-refractivity contribution in [2.45, 2.75) is 32.7 Å². The summed E-state index contributed by atoms with van der Waals surface area (Å²) in [6, 6.07) is 14.2. The average Bonchev–Trinajstić information content (AvgIpc) is 2.67. The fourth-order valence-corrected chi connectivity index (χ4v) is 4.75. The van der Waals surface area contributed by atoms with E-state index in [1.54, 1.807) is 6.92 Å². The summed E-state index contributed by atoms with van der Waals surface area (Å²) in [7, 11) is -3.16. The fraction of sp³-hybridized carbons (Fsp3) is 0.450. The number of benzene rings is 2. The molecule has 1 saturated heterocycles. The second-order valence-electron chi connectivity index (χ2n) is 6.87. The maximum absolute atomic E-state index is 12.7. The minimum absolute atomic E-state index is 0.0129. The Morgan fingerprint density at radius 3 is 2.50 bits per heavy atom. The number of hydrogen-bond acceptors (Lipinski definition) is 3. The van der Waals surface area contributed by atoms with Gasteiger partial charge in [-0.2, -0.15) is 0 Å². The highest BCUT2D eigenvalue weighted by Gasteiger charge is 2.30. The Labute approximate surface area is 155 Å². The van der Waals surface area contributed by atoms with Gasteiger partial charge in [0.2, 0.25) is 15.9 Å². The van der Waals surface area contributed by atoms with E-state index in [0.717, 1.165) is 16.3 Å². The Bertz CT molecular complexity index is 882. The molecule has 1 unspecified atom stereocenters. The number of rotatable bonds is 5. The third-order valence-electron chi connectivity index (χ3n) is 5.23. The summed E-state index contributed by atoms with van der Waals surface area (Å²) in [5, 5.41) is 5.42. The summed E-state index contributed by atoms with van der Waals surface area (Å²) in [5.41, 5.74) is 1.10. The summed E-state index contributed by atoms with van der Waals surface area (Å²) < 4.78 is 25.4. The molecule has 1 fully saturated rings. The Kier molecular flexibility index (Phi) is 5.63. The largest absolute Gasteiger partial charge is 0.349 e. The number of nitrogens with one attached hydrogen (secondary N) is 1. The summed E-state index contributed by atoms with van der Waals surface area (Å²) in [5.74, 6) is -0.00293. The lowest BCUT2D eigenvalue weighted by Gasteiger charge is -2.31. The van der Waals surface area contributed by atoms with Crippen LogP contribution in [0.5, 0.6) is 0 Å². The molecule has 0 aromatic heterocycles. The van der Waals surface area contributed by atoms with Gasteiger partial charge in [-0.15, -0.1) is 0 Å². The molecule has 140 valence electrons. The first kappa shape index (κ1) is 18.9. The van der Waals surface area contributed by atoms with Crippen LogP contribution in [0.2, 0.25) is 0 Å². The normalized spacial score (nSPS) is 17.9. The summed E-state index contributed by atoms with van der Waals surface area (Å²) >= 11 is 0. The second-order valence-corrected chi connectivity index (χ2v) is 9.13. The minimum Gasteiger partial charge on any atom is -0.349 e. The highest BCUT2D eigenvalue weighted by Crippen LogP contribution is 2.26. The van der Waals surface area contributed by atoms with Gasteiger partial charge in [0, 0.05) is 19.0 Å². The molecule has 1 aliphatic rings. The first-order valence-electron chi connectivity index (χ1n) is 9.18. The van der Waals surface area contributed by atoms with Crippen LogP contribution in [0.1, 0.15) is 38.3 Å². The molecule has 2 aromatic carbocycles. The van der Waals surface area contributed by atoms with Gasteiger partial charge in [-0.3, -0.25) is 4.79 Å². The number of sulfonamides is 1. The van der Waals surface area contributed by atoms with Crippen LogP contribution in [0.25, 0.3) is 10.8 Å². The molecule has 6 heteroatoms. The van der Waals surface area contributed by atoms with Gasteiger partial charge in [0.05, 0.1) is 11.8 Å². The molecule has 0 aliphatic carbocycles. The predicted octanol–water partition coefficient (Wildman–Crippen LogP) is 3.08. The number of hydrogen-bond donors (Lipinski definition) is 1. The molecule has 1 N–H and O–H groups in total. The van der Waals surface area contributed by atoms with Gasteiger partial charge in [0.1, 0.15) is 0 Å². The van der Waals surface area contributed by atoms with Crippen LogP contribution in [0.15, 0.2) is 42.5 Å². The van der Waals surface area contributed by atoms with Gasteiger partial charge in [0.15, 0.2) is 0 Å². The number of amides is 1. The van der Waals surface area contributed by atoms with Crippen molar-refractivity contribution >= 4 is 26.7 Å². The minimum atomic E-state index is -3.16. The zero-order valence-corrected chi connectivity index (χ0v) is 16.1. The third-order valence-corrected chi connectivity index (χ3v) is 7.11. The third kappa shape index (κ3) is 3.91. The van der Waals surface area contributed by atoms with Crippen LogP contribution in [0.3, 0.4) is 0 Å². The molecule has 0 spiro atoms. The number of nitrogens with zero attached hydrogens (tertiary/aromatic N) is 1. The molecule has 1 aliphatic heterocycles. The van der Waals surface area contributed by atoms with Crippen LogP contribution >= 0.6 is 0 Å². The maximum atomic E-state index is 12.7. The maximum Gasteiger partial charge on any atom is 0.223 e. The number of fused-ring (bicyclic) bond motifs is 1. The van der Waals surface area contributed by atoms with E-state index in [1.165, 1.54) is 4.31 Å². The lowest BCUT2D eigenvalue weighted by molar-refractivity contribution is -0.126. The van der Waals surface area contributed by atoms with E-state index in [-0.39, 0.29) is 23.6 Å². The highest BCUT2D eigenvalue weighted by atomic mass is 32.2. The van der Waals surface area contributed by atoms with Gasteiger partial charge < -0.3 is 5.32 Å². The van der Waals surface area contributed by atoms with Crippen molar-refractivity contribution < 1.29 is 13.2 Å². The molecule has 1 heterocycles. The first-order valence-corrected chi connectivity index (χ1v) is 10.8. The Morgan fingerprint density at radius 1 is 1.15 bits per heavy atom. The summed E-state index contributed by atoms with van der Waals surface area (Å²) in [6.07, 6.45) is 1.15. The second kappa shape index (κ2) is 7.76. The molecule has 5 nitrogen and oxygen atoms in total. The van der Waals surface area contributed by atoms with Crippen LogP contribution in [-0.4, -0.2) is 37.5 Å². The van der Waals surface area contributed by atoms with E-state index in [1.807, 2.05) is 31.2 Å². The molecule has 0 saturated carbocycles. The van der Waals surface area contributed by atoms with Crippen molar-refractivity contribution in [3.63, 3.8) is 0 Å². The Balaban J connectivity index is 1.65. The molecule has 3 rings (SSSR count). The van der Waals surface area contributed by atoms with E-state index >= 15 is 0 Å². The molecule has 26 heavy (non-hydrogen) atoms. The molecule has 0 radical (unpaired) electrons. The number of carbonyl (C=O) groups excluding carboxylic acids is 1. The molecule has 1 atom stereocenters. The van der Waals surface area contributed by atoms with E-state index in [2.05, 4.69) is 23.5 Å². The topological polar surface area (TPSA) is 66.5 Å². The number of piperidine rings is 1. The Morgan fingerprint density at radius 2 is 1.81 bits per heavy atom. The highest BCUT2D eigenvalue weighted by molar-refractivity contribution is 7.89. The standard InChI is InChI=1S/C20H26N2O3S/c1-3-26(24,25)22-13-11-17(12-14-22)20(23)21-15(2)18-10-6-8-16-7-4-5-9-19(16)18/h4-10,15,17H,3,11-14H2,1-2H3,(H,21,23). The lowest BCUT2D eigenvalue weighted by Crippen LogP contribution is -2.43. The summed E-state index contributed by atoms with van der Waals surface area (Å²) in [6.45, 7) is 4.50. The SMILES string of the molecule is CCS(=O)(=O)N1CCC(C(=O)NC(C)c2cccc3ccccc23)CC1. The molecule has 2 aromatic rings. The average molecular weight is 375 g/mol. The van der Waals surface area contributed by atoms with Crippen molar-refractivity contribution in [3.05, 3.63) is 48.0 Å². The van der Waals surface area contributed by atoms with Crippen LogP contribution in [0.4, 0.5) is 0 Å². The van der Waals surface area contributed by atoms with Crippen LogP contribution in [-0.2, 0) is 14.8 Å². The summed E-state index contributed by atoms with van der Waals surface area (Å²) in [4.78, 5) is 12.7. The van der Waals surface area contributed by atoms with Gasteiger partial charge in [-0.25, -0.2) is 12.7 Å². The van der Waals surface area contributed by atoms with Crippen molar-refractivity contribution in [1.29, 1.82) is 0 Å². The monoisotopic (exact) mass is 374 g/mol. The fourth-order valence-electron chi connectivity index (χ4n) is 3.62. The Hall–Kier alpha value is -1.92. The van der Waals surface area contributed by atoms with E-state index < -0.39 is 10.0 Å². The first-order chi connectivity index (χ1) is 12.4. The van der Waals surface area contributed by atoms with Gasteiger partial charge in [0.25, 0.3) is 0 Å². The van der Waals surface area contributed by atoms with Crippen LogP contribution in [0, 0.1) is 5.92 Å². The van der Waals surface area contributed by atoms with Crippen LogP contribution < -0.4 is 5.32 Å². The van der Waals surface area contributed by atoms with Crippen molar-refractivity contribution in [2.75, 3.05) is 18.8 Å². The predicted molar refractivity (Wildman–Crippen MR) is 104 cm³/mol. The van der Waals surface area contributed by atoms with E-state index in [9.17, 15) is 13.2 Å². The van der Waals surface area contributed by atoms with Crippen molar-refractivity contribution in [2.24, 2.45) is 5.92 Å². The van der Waals surface area contributed by atoms with Crippen molar-refractivity contribution in [1.82, 2.24) is 9.62 Å². The van der Waals surface area contributed by atoms with E-state index in [4.69, 9.17) is 0 Å². The van der Waals surface area contributed by atoms with E-state index in [0.29, 0.717) is 25.9 Å². The molecule has 0 bridgehead atoms. The zero-order valence-electron chi connectivity index (χ0n) is 15.3.